The molecule has 0 heterocycles. The zero-order chi connectivity index (χ0) is 5.21. The number of hydrogen-bond donors (Lipinski definition) is 2. The first kappa shape index (κ1) is 6.88. The van der Waals surface area contributed by atoms with E-state index in [0.29, 0.717) is 0 Å². The molecule has 0 saturated carbocycles. The second kappa shape index (κ2) is 2.26. The van der Waals surface area contributed by atoms with Crippen molar-refractivity contribution in [2.24, 2.45) is 0 Å². The van der Waals surface area contributed by atoms with E-state index in [1.165, 1.54) is 0 Å². The molecule has 0 aliphatic heterocycles. The van der Waals surface area contributed by atoms with Gasteiger partial charge in [0.1, 0.15) is 0 Å². The maximum absolute atomic E-state index is 8.25. The Morgan fingerprint density at radius 3 is 1.67 bits per heavy atom. The van der Waals surface area contributed by atoms with Crippen LogP contribution in [-0.2, 0) is 0 Å². The quantitative estimate of drug-likeness (QED) is 0.496. The van der Waals surface area contributed by atoms with Crippen molar-refractivity contribution in [3.05, 3.63) is 0 Å². The summed E-state index contributed by atoms with van der Waals surface area (Å²) in [4.78, 5) is 0. The summed E-state index contributed by atoms with van der Waals surface area (Å²) in [6.07, 6.45) is 0. The third-order valence-electron chi connectivity index (χ3n) is 0.170. The molecular weight excluding hydrogens is 216 g/mol. The fourth-order valence-corrected chi connectivity index (χ4v) is 0. The first-order valence-corrected chi connectivity index (χ1v) is 3.17. The topological polar surface area (TPSA) is 40.5 Å². The summed E-state index contributed by atoms with van der Waals surface area (Å²) in [7, 11) is 0. The van der Waals surface area contributed by atoms with Gasteiger partial charge in [-0.25, -0.2) is 0 Å². The van der Waals surface area contributed by atoms with Crippen molar-refractivity contribution in [1.82, 2.24) is 0 Å². The number of rotatable bonds is 1. The van der Waals surface area contributed by atoms with Gasteiger partial charge >= 0.3 is 0 Å². The van der Waals surface area contributed by atoms with Gasteiger partial charge in [0.25, 0.3) is 0 Å². The highest BCUT2D eigenvalue weighted by atomic mass is 79.9. The number of halogens is 2. The minimum absolute atomic E-state index is 0.111. The Balaban J connectivity index is 3.17. The second-order valence-corrected chi connectivity index (χ2v) is 2.68. The van der Waals surface area contributed by atoms with Gasteiger partial charge < -0.3 is 10.2 Å². The summed E-state index contributed by atoms with van der Waals surface area (Å²) in [5, 5.41) is 16.6. The Morgan fingerprint density at radius 2 is 1.67 bits per heavy atom. The summed E-state index contributed by atoms with van der Waals surface area (Å²) in [5.74, 6) is 0. The van der Waals surface area contributed by atoms with Gasteiger partial charge in [0, 0.05) is 0 Å². The molecule has 0 spiro atoms. The Hall–Kier alpha value is 0.880. The zero-order valence-electron chi connectivity index (χ0n) is 2.86. The number of alkyl halides is 2. The van der Waals surface area contributed by atoms with Crippen molar-refractivity contribution in [3.8, 4) is 0 Å². The molecule has 0 rings (SSSR count). The third-order valence-corrected chi connectivity index (χ3v) is 1.98. The Morgan fingerprint density at radius 1 is 1.50 bits per heavy atom. The van der Waals surface area contributed by atoms with Crippen LogP contribution in [0.1, 0.15) is 0 Å². The van der Waals surface area contributed by atoms with Crippen LogP contribution < -0.4 is 0 Å². The first-order chi connectivity index (χ1) is 2.56. The van der Waals surface area contributed by atoms with Crippen LogP contribution in [0, 0.1) is 0 Å². The van der Waals surface area contributed by atoms with Crippen LogP contribution in [0.5, 0.6) is 0 Å². The van der Waals surface area contributed by atoms with Crippen molar-refractivity contribution < 1.29 is 10.2 Å². The lowest BCUT2D eigenvalue weighted by Crippen LogP contribution is -2.19. The van der Waals surface area contributed by atoms with Gasteiger partial charge in [-0.1, -0.05) is 15.9 Å². The number of aliphatic hydroxyl groups is 2. The van der Waals surface area contributed by atoms with Crippen LogP contribution in [0.4, 0.5) is 0 Å². The van der Waals surface area contributed by atoms with Crippen LogP contribution in [0.25, 0.3) is 0 Å². The summed E-state index contributed by atoms with van der Waals surface area (Å²) in [6, 6.07) is 0. The third kappa shape index (κ3) is 4.88. The average molecular weight is 220 g/mol. The molecule has 38 valence electrons. The largest absolute Gasteiger partial charge is 0.356 e. The van der Waals surface area contributed by atoms with E-state index < -0.39 is 4.70 Å². The molecule has 0 amide bonds. The van der Waals surface area contributed by atoms with Crippen molar-refractivity contribution in [2.75, 3.05) is 5.33 Å². The zero-order valence-corrected chi connectivity index (χ0v) is 6.03. The van der Waals surface area contributed by atoms with Crippen molar-refractivity contribution in [2.45, 2.75) is 4.70 Å². The van der Waals surface area contributed by atoms with Gasteiger partial charge in [-0.15, -0.1) is 0 Å². The van der Waals surface area contributed by atoms with Crippen LogP contribution in [0.2, 0.25) is 0 Å². The first-order valence-electron chi connectivity index (χ1n) is 1.26. The highest BCUT2D eigenvalue weighted by molar-refractivity contribution is 9.12. The van der Waals surface area contributed by atoms with Crippen LogP contribution >= 0.6 is 31.9 Å². The van der Waals surface area contributed by atoms with Crippen LogP contribution in [0.15, 0.2) is 0 Å². The summed E-state index contributed by atoms with van der Waals surface area (Å²) in [6.45, 7) is 0. The predicted molar refractivity (Wildman–Crippen MR) is 29.9 cm³/mol. The average Bonchev–Trinajstić information content (AvgIpc) is 1.35. The van der Waals surface area contributed by atoms with E-state index in [-0.39, 0.29) is 5.33 Å². The van der Waals surface area contributed by atoms with E-state index in [9.17, 15) is 0 Å². The Kier molecular flexibility index (Phi) is 2.59. The molecular formula is C2H4Br2O2. The van der Waals surface area contributed by atoms with Gasteiger partial charge in [-0.3, -0.25) is 0 Å². The minimum atomic E-state index is -1.73. The van der Waals surface area contributed by atoms with Crippen molar-refractivity contribution in [3.63, 3.8) is 0 Å². The van der Waals surface area contributed by atoms with Crippen LogP contribution in [0.3, 0.4) is 0 Å². The molecule has 0 aliphatic rings. The molecule has 0 saturated heterocycles. The van der Waals surface area contributed by atoms with Gasteiger partial charge in [-0.05, 0) is 15.9 Å². The normalized spacial score (nSPS) is 12.0. The predicted octanol–water partition coefficient (Wildman–Crippen LogP) is 0.415. The molecule has 4 heteroatoms. The lowest BCUT2D eigenvalue weighted by molar-refractivity contribution is -0.0463. The Labute approximate surface area is 52.4 Å². The molecule has 0 atom stereocenters. The lowest BCUT2D eigenvalue weighted by Gasteiger charge is -2.05. The maximum atomic E-state index is 8.25. The highest BCUT2D eigenvalue weighted by Gasteiger charge is 2.13. The molecule has 6 heavy (non-hydrogen) atoms. The minimum Gasteiger partial charge on any atom is -0.356 e. The molecule has 2 N–H and O–H groups in total. The van der Waals surface area contributed by atoms with E-state index in [1.807, 2.05) is 0 Å². The standard InChI is InChI=1S/C2H4Br2O2/c3-1-2(4,5)6/h5-6H,1H2. The molecule has 0 bridgehead atoms. The fourth-order valence-electron chi connectivity index (χ4n) is 0. The fraction of sp³-hybridized carbons (Fsp3) is 1.00. The Bertz CT molecular complexity index is 39.3. The van der Waals surface area contributed by atoms with Gasteiger partial charge in [-0.2, -0.15) is 0 Å². The van der Waals surface area contributed by atoms with E-state index in [4.69, 9.17) is 10.2 Å². The van der Waals surface area contributed by atoms with E-state index in [2.05, 4.69) is 31.9 Å². The van der Waals surface area contributed by atoms with Gasteiger partial charge in [0.15, 0.2) is 0 Å². The highest BCUT2D eigenvalue weighted by Crippen LogP contribution is 2.10. The molecule has 0 unspecified atom stereocenters. The molecule has 0 aromatic heterocycles. The summed E-state index contributed by atoms with van der Waals surface area (Å²) >= 11 is 5.36. The van der Waals surface area contributed by atoms with Gasteiger partial charge in [0.05, 0.1) is 5.33 Å². The second-order valence-electron chi connectivity index (χ2n) is 0.853. The molecule has 0 fully saturated rings. The van der Waals surface area contributed by atoms with E-state index in [1.54, 1.807) is 0 Å². The maximum Gasteiger partial charge on any atom is 0.231 e. The molecule has 0 aromatic rings. The lowest BCUT2D eigenvalue weighted by atomic mass is 10.8. The molecule has 2 nitrogen and oxygen atoms in total. The molecule has 0 aliphatic carbocycles. The van der Waals surface area contributed by atoms with Crippen molar-refractivity contribution >= 4 is 31.9 Å². The summed E-state index contributed by atoms with van der Waals surface area (Å²) < 4.78 is -1.73. The van der Waals surface area contributed by atoms with E-state index >= 15 is 0 Å². The van der Waals surface area contributed by atoms with E-state index in [0.717, 1.165) is 0 Å². The molecule has 0 radical (unpaired) electrons. The monoisotopic (exact) mass is 218 g/mol. The van der Waals surface area contributed by atoms with Crippen LogP contribution in [-0.4, -0.2) is 20.2 Å². The smallest absolute Gasteiger partial charge is 0.231 e. The summed E-state index contributed by atoms with van der Waals surface area (Å²) in [5.41, 5.74) is 0. The number of hydrogen-bond acceptors (Lipinski definition) is 2. The van der Waals surface area contributed by atoms with Crippen molar-refractivity contribution in [1.29, 1.82) is 0 Å². The van der Waals surface area contributed by atoms with Gasteiger partial charge in [0.2, 0.25) is 4.70 Å². The SMILES string of the molecule is OC(O)(Br)CBr. The molecule has 0 aromatic carbocycles.